The summed E-state index contributed by atoms with van der Waals surface area (Å²) in [4.78, 5) is 18.7. The molecular weight excluding hydrogens is 436 g/mol. The Morgan fingerprint density at radius 2 is 1.63 bits per heavy atom. The molecule has 10 heteroatoms. The van der Waals surface area contributed by atoms with Crippen molar-refractivity contribution in [2.24, 2.45) is 0 Å². The molecule has 1 aliphatic heterocycles. The van der Waals surface area contributed by atoms with Crippen molar-refractivity contribution >= 4 is 42.7 Å². The van der Waals surface area contributed by atoms with E-state index in [9.17, 15) is 18.3 Å². The topological polar surface area (TPSA) is 110 Å². The van der Waals surface area contributed by atoms with Gasteiger partial charge in [0.25, 0.3) is 0 Å². The molecule has 0 amide bonds. The van der Waals surface area contributed by atoms with Crippen molar-refractivity contribution in [3.05, 3.63) is 51.4 Å². The van der Waals surface area contributed by atoms with Gasteiger partial charge >= 0.3 is 5.69 Å². The van der Waals surface area contributed by atoms with Gasteiger partial charge in [0.05, 0.1) is 21.6 Å². The molecule has 3 aromatic rings. The van der Waals surface area contributed by atoms with Gasteiger partial charge in [0, 0.05) is 30.7 Å². The molecule has 0 atom stereocenters. The number of benzene rings is 2. The minimum Gasteiger partial charge on any atom is -0.506 e. The van der Waals surface area contributed by atoms with Crippen LogP contribution < -0.4 is 10.6 Å². The Kier molecular flexibility index (Phi) is 4.49. The van der Waals surface area contributed by atoms with Crippen molar-refractivity contribution < 1.29 is 13.5 Å². The van der Waals surface area contributed by atoms with Crippen molar-refractivity contribution in [1.29, 1.82) is 0 Å². The summed E-state index contributed by atoms with van der Waals surface area (Å²) in [7, 11) is -3.73. The first kappa shape index (κ1) is 18.1. The number of hydrogen-bond acceptors (Lipinski definition) is 5. The number of phenols is 1. The smallest absolute Gasteiger partial charge is 0.323 e. The van der Waals surface area contributed by atoms with Crippen LogP contribution in [0.15, 0.2) is 50.6 Å². The van der Waals surface area contributed by atoms with Crippen LogP contribution in [0.3, 0.4) is 0 Å². The number of rotatable bonds is 3. The molecule has 0 spiro atoms. The summed E-state index contributed by atoms with van der Waals surface area (Å²) in [6, 6.07) is 10.1. The molecule has 27 heavy (non-hydrogen) atoms. The molecular formula is C17H17BrN4O4S. The molecule has 1 fully saturated rings. The number of phenolic OH excluding ortho intramolecular Hbond substituents is 1. The molecule has 2 aromatic carbocycles. The SMILES string of the molecule is O=c1[nH]c2cc(Br)c(S(=O)(=O)N3CCN(c4ccccc4O)CC3)cc2[nH]1. The zero-order chi connectivity index (χ0) is 19.2. The van der Waals surface area contributed by atoms with E-state index < -0.39 is 10.0 Å². The second kappa shape index (κ2) is 6.70. The van der Waals surface area contributed by atoms with Crippen LogP contribution >= 0.6 is 15.9 Å². The third-order valence-electron chi connectivity index (χ3n) is 4.65. The third kappa shape index (κ3) is 3.24. The molecule has 2 heterocycles. The number of aromatic amines is 2. The van der Waals surface area contributed by atoms with Crippen LogP contribution in [0.2, 0.25) is 0 Å². The average molecular weight is 453 g/mol. The molecule has 0 unspecified atom stereocenters. The fourth-order valence-electron chi connectivity index (χ4n) is 3.27. The predicted octanol–water partition coefficient (Wildman–Crippen LogP) is 1.84. The van der Waals surface area contributed by atoms with Crippen molar-refractivity contribution in [3.63, 3.8) is 0 Å². The van der Waals surface area contributed by atoms with E-state index in [4.69, 9.17) is 0 Å². The highest BCUT2D eigenvalue weighted by atomic mass is 79.9. The molecule has 3 N–H and O–H groups in total. The number of imidazole rings is 1. The van der Waals surface area contributed by atoms with Crippen molar-refractivity contribution in [1.82, 2.24) is 14.3 Å². The Labute approximate surface area is 163 Å². The Morgan fingerprint density at radius 3 is 2.30 bits per heavy atom. The minimum atomic E-state index is -3.73. The first-order valence-electron chi connectivity index (χ1n) is 8.31. The molecule has 8 nitrogen and oxygen atoms in total. The fraction of sp³-hybridized carbons (Fsp3) is 0.235. The van der Waals surface area contributed by atoms with Gasteiger partial charge in [0.15, 0.2) is 0 Å². The van der Waals surface area contributed by atoms with Crippen LogP contribution in [-0.4, -0.2) is 54.0 Å². The lowest BCUT2D eigenvalue weighted by atomic mass is 10.2. The van der Waals surface area contributed by atoms with Crippen LogP contribution in [0.25, 0.3) is 11.0 Å². The molecule has 1 aliphatic rings. The maximum Gasteiger partial charge on any atom is 0.323 e. The molecule has 0 aliphatic carbocycles. The number of fused-ring (bicyclic) bond motifs is 1. The van der Waals surface area contributed by atoms with Crippen molar-refractivity contribution in [3.8, 4) is 5.75 Å². The number of hydrogen-bond donors (Lipinski definition) is 3. The fourth-order valence-corrected chi connectivity index (χ4v) is 5.73. The lowest BCUT2D eigenvalue weighted by Crippen LogP contribution is -2.48. The summed E-state index contributed by atoms with van der Waals surface area (Å²) in [5.74, 6) is 0.179. The zero-order valence-electron chi connectivity index (χ0n) is 14.1. The van der Waals surface area contributed by atoms with Gasteiger partial charge in [-0.3, -0.25) is 0 Å². The summed E-state index contributed by atoms with van der Waals surface area (Å²) in [5, 5.41) is 9.99. The lowest BCUT2D eigenvalue weighted by molar-refractivity contribution is 0.382. The first-order valence-corrected chi connectivity index (χ1v) is 10.5. The second-order valence-corrected chi connectivity index (χ2v) is 9.05. The van der Waals surface area contributed by atoms with Crippen LogP contribution in [-0.2, 0) is 10.0 Å². The summed E-state index contributed by atoms with van der Waals surface area (Å²) >= 11 is 3.30. The van der Waals surface area contributed by atoms with E-state index in [0.717, 1.165) is 0 Å². The number of piperazine rings is 1. The number of sulfonamides is 1. The van der Waals surface area contributed by atoms with Gasteiger partial charge in [-0.25, -0.2) is 13.2 Å². The highest BCUT2D eigenvalue weighted by Crippen LogP contribution is 2.31. The van der Waals surface area contributed by atoms with Crippen molar-refractivity contribution in [2.75, 3.05) is 31.1 Å². The molecule has 1 saturated heterocycles. The van der Waals surface area contributed by atoms with E-state index in [2.05, 4.69) is 25.9 Å². The highest BCUT2D eigenvalue weighted by Gasteiger charge is 2.31. The summed E-state index contributed by atoms with van der Waals surface area (Å²) < 4.78 is 28.0. The van der Waals surface area contributed by atoms with Crippen LogP contribution in [0.5, 0.6) is 5.75 Å². The number of aromatic hydroxyl groups is 1. The van der Waals surface area contributed by atoms with E-state index in [1.165, 1.54) is 10.4 Å². The summed E-state index contributed by atoms with van der Waals surface area (Å²) in [6.45, 7) is 1.53. The second-order valence-electron chi connectivity index (χ2n) is 6.29. The summed E-state index contributed by atoms with van der Waals surface area (Å²) in [5.41, 5.74) is 1.29. The van der Waals surface area contributed by atoms with Gasteiger partial charge in [-0.2, -0.15) is 4.31 Å². The average Bonchev–Trinajstić information content (AvgIpc) is 3.00. The van der Waals surface area contributed by atoms with Gasteiger partial charge < -0.3 is 20.0 Å². The molecule has 0 saturated carbocycles. The van der Waals surface area contributed by atoms with Crippen LogP contribution in [0, 0.1) is 0 Å². The van der Waals surface area contributed by atoms with Crippen LogP contribution in [0.1, 0.15) is 0 Å². The van der Waals surface area contributed by atoms with Gasteiger partial charge in [-0.05, 0) is 40.2 Å². The van der Waals surface area contributed by atoms with Crippen molar-refractivity contribution in [2.45, 2.75) is 4.90 Å². The number of H-pyrrole nitrogens is 2. The van der Waals surface area contributed by atoms with Gasteiger partial charge in [0.2, 0.25) is 10.0 Å². The van der Waals surface area contributed by atoms with Gasteiger partial charge in [-0.15, -0.1) is 0 Å². The maximum absolute atomic E-state index is 13.1. The largest absolute Gasteiger partial charge is 0.506 e. The molecule has 0 radical (unpaired) electrons. The number of nitrogens with zero attached hydrogens (tertiary/aromatic N) is 2. The van der Waals surface area contributed by atoms with Crippen LogP contribution in [0.4, 0.5) is 5.69 Å². The van der Waals surface area contributed by atoms with Gasteiger partial charge in [-0.1, -0.05) is 12.1 Å². The monoisotopic (exact) mass is 452 g/mol. The molecule has 1 aromatic heterocycles. The Hall–Kier alpha value is -2.30. The molecule has 4 rings (SSSR count). The third-order valence-corrected chi connectivity index (χ3v) is 7.50. The normalized spacial score (nSPS) is 16.1. The number of nitrogens with one attached hydrogen (secondary N) is 2. The zero-order valence-corrected chi connectivity index (χ0v) is 16.5. The quantitative estimate of drug-likeness (QED) is 0.561. The van der Waals surface area contributed by atoms with Gasteiger partial charge in [0.1, 0.15) is 5.75 Å². The van der Waals surface area contributed by atoms with E-state index in [-0.39, 0.29) is 16.3 Å². The van der Waals surface area contributed by atoms with E-state index in [1.807, 2.05) is 17.0 Å². The Balaban J connectivity index is 1.60. The van der Waals surface area contributed by atoms with E-state index in [0.29, 0.717) is 47.4 Å². The number of para-hydroxylation sites is 2. The minimum absolute atomic E-state index is 0.112. The number of halogens is 1. The molecule has 142 valence electrons. The standard InChI is InChI=1S/C17H17BrN4O4S/c18-11-9-12-13(20-17(24)19-12)10-16(11)27(25,26)22-7-5-21(6-8-22)14-3-1-2-4-15(14)23/h1-4,9-10,23H,5-8H2,(H2,19,20,24). The highest BCUT2D eigenvalue weighted by molar-refractivity contribution is 9.10. The predicted molar refractivity (Wildman–Crippen MR) is 106 cm³/mol. The molecule has 0 bridgehead atoms. The Morgan fingerprint density at radius 1 is 1.00 bits per heavy atom. The lowest BCUT2D eigenvalue weighted by Gasteiger charge is -2.35. The number of anilines is 1. The number of aromatic nitrogens is 2. The summed E-state index contributed by atoms with van der Waals surface area (Å²) in [6.07, 6.45) is 0. The first-order chi connectivity index (χ1) is 12.9. The van der Waals surface area contributed by atoms with E-state index >= 15 is 0 Å². The van der Waals surface area contributed by atoms with E-state index in [1.54, 1.807) is 18.2 Å². The Bertz CT molecular complexity index is 1160. The maximum atomic E-state index is 13.1.